The Morgan fingerprint density at radius 2 is 2.18 bits per heavy atom. The molecule has 1 aromatic heterocycles. The van der Waals surface area contributed by atoms with Crippen LogP contribution >= 0.6 is 23.1 Å². The number of carbonyl (C=O) groups is 1. The van der Waals surface area contributed by atoms with E-state index in [1.165, 1.54) is 23.1 Å². The molecule has 0 aliphatic rings. The van der Waals surface area contributed by atoms with E-state index in [0.717, 1.165) is 15.2 Å². The minimum Gasteiger partial charge on any atom is -0.363 e. The number of hydrogen-bond acceptors (Lipinski definition) is 7. The Balaban J connectivity index is 2.01. The van der Waals surface area contributed by atoms with Crippen LogP contribution in [0.25, 0.3) is 0 Å². The average Bonchev–Trinajstić information content (AvgIpc) is 3.02. The number of hydrogen-bond donors (Lipinski definition) is 1. The highest BCUT2D eigenvalue weighted by atomic mass is 32.2. The van der Waals surface area contributed by atoms with Gasteiger partial charge in [-0.25, -0.2) is 0 Å². The summed E-state index contributed by atoms with van der Waals surface area (Å²) in [4.78, 5) is 14.1. The maximum Gasteiger partial charge on any atom is 0.237 e. The van der Waals surface area contributed by atoms with E-state index in [-0.39, 0.29) is 11.7 Å². The van der Waals surface area contributed by atoms with E-state index in [2.05, 4.69) is 21.6 Å². The van der Waals surface area contributed by atoms with E-state index < -0.39 is 0 Å². The van der Waals surface area contributed by atoms with Crippen molar-refractivity contribution in [2.45, 2.75) is 10.8 Å². The van der Waals surface area contributed by atoms with Gasteiger partial charge in [-0.3, -0.25) is 4.79 Å². The van der Waals surface area contributed by atoms with Gasteiger partial charge >= 0.3 is 0 Å². The lowest BCUT2D eigenvalue weighted by atomic mass is 10.2. The van der Waals surface area contributed by atoms with E-state index in [9.17, 15) is 4.79 Å². The Hall–Kier alpha value is -2.11. The molecule has 0 unspecified atom stereocenters. The summed E-state index contributed by atoms with van der Waals surface area (Å²) >= 11 is 2.76. The molecule has 2 aromatic rings. The van der Waals surface area contributed by atoms with Crippen molar-refractivity contribution in [2.24, 2.45) is 0 Å². The Morgan fingerprint density at radius 1 is 1.41 bits per heavy atom. The van der Waals surface area contributed by atoms with Crippen molar-refractivity contribution < 1.29 is 4.79 Å². The maximum atomic E-state index is 12.4. The van der Waals surface area contributed by atoms with Gasteiger partial charge in [0, 0.05) is 19.3 Å². The summed E-state index contributed by atoms with van der Waals surface area (Å²) in [5.41, 5.74) is 0.802. The van der Waals surface area contributed by atoms with Gasteiger partial charge in [-0.15, -0.1) is 10.2 Å². The highest BCUT2D eigenvalue weighted by Gasteiger charge is 2.16. The number of nitrogens with zero attached hydrogens (tertiary/aromatic N) is 4. The number of aromatic nitrogens is 2. The molecular weight excluding hydrogens is 318 g/mol. The fourth-order valence-electron chi connectivity index (χ4n) is 1.74. The fraction of sp³-hybridized carbons (Fsp3) is 0.286. The zero-order chi connectivity index (χ0) is 15.8. The number of amides is 1. The molecule has 0 aliphatic carbocycles. The van der Waals surface area contributed by atoms with Crippen LogP contribution in [0.2, 0.25) is 0 Å². The van der Waals surface area contributed by atoms with E-state index in [4.69, 9.17) is 5.26 Å². The number of nitrogens with one attached hydrogen (secondary N) is 1. The smallest absolute Gasteiger partial charge is 0.237 e. The summed E-state index contributed by atoms with van der Waals surface area (Å²) in [7, 11) is 1.78. The third-order valence-electron chi connectivity index (χ3n) is 2.76. The van der Waals surface area contributed by atoms with Gasteiger partial charge in [0.1, 0.15) is 0 Å². The van der Waals surface area contributed by atoms with E-state index in [1.807, 2.05) is 30.3 Å². The van der Waals surface area contributed by atoms with Crippen LogP contribution in [0.1, 0.15) is 6.42 Å². The first-order valence-electron chi connectivity index (χ1n) is 6.61. The lowest BCUT2D eigenvalue weighted by Crippen LogP contribution is -2.33. The molecule has 2 rings (SSSR count). The highest BCUT2D eigenvalue weighted by molar-refractivity contribution is 8.01. The molecule has 1 amide bonds. The molecule has 114 valence electrons. The van der Waals surface area contributed by atoms with Crippen LogP contribution in [-0.4, -0.2) is 35.4 Å². The third kappa shape index (κ3) is 4.44. The second-order valence-corrected chi connectivity index (χ2v) is 6.40. The van der Waals surface area contributed by atoms with Crippen molar-refractivity contribution in [3.8, 4) is 6.07 Å². The molecule has 0 atom stereocenters. The van der Waals surface area contributed by atoms with Crippen LogP contribution in [0.3, 0.4) is 0 Å². The summed E-state index contributed by atoms with van der Waals surface area (Å²) in [5.74, 6) is 0.214. The largest absolute Gasteiger partial charge is 0.363 e. The molecule has 22 heavy (non-hydrogen) atoms. The van der Waals surface area contributed by atoms with Crippen LogP contribution in [0.5, 0.6) is 0 Å². The lowest BCUT2D eigenvalue weighted by molar-refractivity contribution is -0.116. The average molecular weight is 333 g/mol. The molecule has 8 heteroatoms. The summed E-state index contributed by atoms with van der Waals surface area (Å²) < 4.78 is 0.742. The van der Waals surface area contributed by atoms with Gasteiger partial charge < -0.3 is 10.2 Å². The number of thioether (sulfide) groups is 1. The molecule has 0 aliphatic heterocycles. The molecule has 0 fully saturated rings. The molecule has 1 aromatic carbocycles. The van der Waals surface area contributed by atoms with Crippen LogP contribution in [0.15, 0.2) is 34.7 Å². The molecule has 0 bridgehead atoms. The number of carbonyl (C=O) groups excluding carboxylic acids is 1. The van der Waals surface area contributed by atoms with Crippen LogP contribution in [0.4, 0.5) is 10.8 Å². The van der Waals surface area contributed by atoms with Gasteiger partial charge in [0.05, 0.1) is 18.2 Å². The summed E-state index contributed by atoms with van der Waals surface area (Å²) in [6.45, 7) is 0.387. The fourth-order valence-corrected chi connectivity index (χ4v) is 3.32. The quantitative estimate of drug-likeness (QED) is 0.784. The predicted molar refractivity (Wildman–Crippen MR) is 89.2 cm³/mol. The van der Waals surface area contributed by atoms with Crippen LogP contribution in [-0.2, 0) is 4.79 Å². The molecule has 0 saturated carbocycles. The van der Waals surface area contributed by atoms with Crippen molar-refractivity contribution in [3.05, 3.63) is 30.3 Å². The highest BCUT2D eigenvalue weighted by Crippen LogP contribution is 2.26. The van der Waals surface area contributed by atoms with Crippen molar-refractivity contribution in [2.75, 3.05) is 29.6 Å². The lowest BCUT2D eigenvalue weighted by Gasteiger charge is -2.21. The van der Waals surface area contributed by atoms with Gasteiger partial charge in [-0.05, 0) is 12.1 Å². The molecular formula is C14H15N5OS2. The number of rotatable bonds is 7. The third-order valence-corrected chi connectivity index (χ3v) is 4.81. The summed E-state index contributed by atoms with van der Waals surface area (Å²) in [5, 5.41) is 20.3. The molecule has 1 N–H and O–H groups in total. The first-order valence-corrected chi connectivity index (χ1v) is 8.41. The Morgan fingerprint density at radius 3 is 2.82 bits per heavy atom. The van der Waals surface area contributed by atoms with Crippen molar-refractivity contribution in [3.63, 3.8) is 0 Å². The van der Waals surface area contributed by atoms with Crippen LogP contribution in [0, 0.1) is 11.3 Å². The second-order valence-electron chi connectivity index (χ2n) is 4.20. The monoisotopic (exact) mass is 333 g/mol. The predicted octanol–water partition coefficient (Wildman–Crippen LogP) is 2.62. The standard InChI is InChI=1S/C14H15N5OS2/c1-16-13-17-18-14(22-13)21-10-12(20)19(9-5-8-15)11-6-3-2-4-7-11/h2-4,6-7H,5,9-10H2,1H3,(H,16,17). The van der Waals surface area contributed by atoms with Crippen molar-refractivity contribution in [1.29, 1.82) is 5.26 Å². The van der Waals surface area contributed by atoms with E-state index in [0.29, 0.717) is 13.0 Å². The first kappa shape index (κ1) is 16.3. The number of nitriles is 1. The number of anilines is 2. The molecule has 0 radical (unpaired) electrons. The summed E-state index contributed by atoms with van der Waals surface area (Å²) in [6, 6.07) is 11.5. The topological polar surface area (TPSA) is 81.9 Å². The Bertz CT molecular complexity index is 653. The van der Waals surface area contributed by atoms with Crippen molar-refractivity contribution in [1.82, 2.24) is 10.2 Å². The van der Waals surface area contributed by atoms with Gasteiger partial charge in [0.2, 0.25) is 11.0 Å². The van der Waals surface area contributed by atoms with Gasteiger partial charge in [-0.2, -0.15) is 5.26 Å². The molecule has 0 spiro atoms. The van der Waals surface area contributed by atoms with Gasteiger partial charge in [0.15, 0.2) is 4.34 Å². The minimum absolute atomic E-state index is 0.0485. The van der Waals surface area contributed by atoms with Crippen LogP contribution < -0.4 is 10.2 Å². The van der Waals surface area contributed by atoms with E-state index >= 15 is 0 Å². The molecule has 0 saturated heterocycles. The Labute approximate surface area is 137 Å². The molecule has 6 nitrogen and oxygen atoms in total. The number of para-hydroxylation sites is 1. The van der Waals surface area contributed by atoms with Crippen molar-refractivity contribution >= 4 is 39.8 Å². The first-order chi connectivity index (χ1) is 10.7. The maximum absolute atomic E-state index is 12.4. The minimum atomic E-state index is -0.0485. The van der Waals surface area contributed by atoms with E-state index in [1.54, 1.807) is 11.9 Å². The normalized spacial score (nSPS) is 10.0. The molecule has 1 heterocycles. The zero-order valence-electron chi connectivity index (χ0n) is 12.0. The zero-order valence-corrected chi connectivity index (χ0v) is 13.7. The number of benzene rings is 1. The van der Waals surface area contributed by atoms with Gasteiger partial charge in [0.25, 0.3) is 0 Å². The SMILES string of the molecule is CNc1nnc(SCC(=O)N(CCC#N)c2ccccc2)s1. The summed E-state index contributed by atoms with van der Waals surface area (Å²) in [6.07, 6.45) is 0.300. The second kappa shape index (κ2) is 8.36. The Kier molecular flexibility index (Phi) is 6.18. The van der Waals surface area contributed by atoms with Gasteiger partial charge in [-0.1, -0.05) is 41.3 Å².